The summed E-state index contributed by atoms with van der Waals surface area (Å²) in [4.78, 5) is 24.7. The lowest BCUT2D eigenvalue weighted by Gasteiger charge is -2.23. The molecule has 9 nitrogen and oxygen atoms in total. The Balaban J connectivity index is 2.48. The van der Waals surface area contributed by atoms with Gasteiger partial charge in [-0.2, -0.15) is 0 Å². The molecule has 0 amide bonds. The summed E-state index contributed by atoms with van der Waals surface area (Å²) in [5, 5.41) is 10.9. The second-order valence-corrected chi connectivity index (χ2v) is 6.88. The number of halogens is 1. The normalized spacial score (nSPS) is 11.2. The smallest absolute Gasteiger partial charge is 0.344 e. The van der Waals surface area contributed by atoms with Crippen LogP contribution in [0, 0.1) is 5.41 Å². The monoisotopic (exact) mass is 463 g/mol. The average molecular weight is 464 g/mol. The number of nitrogens with two attached hydrogens (primary N) is 1. The molecular weight excluding hydrogens is 438 g/mol. The van der Waals surface area contributed by atoms with Gasteiger partial charge in [0.25, 0.3) is 0 Å². The number of nitrogens with one attached hydrogen (secondary N) is 2. The number of hydrogen-bond acceptors (Lipinski definition) is 8. The van der Waals surface area contributed by atoms with Crippen molar-refractivity contribution >= 4 is 35.1 Å². The number of ether oxygens (including phenoxy) is 4. The van der Waals surface area contributed by atoms with E-state index < -0.39 is 18.0 Å². The van der Waals surface area contributed by atoms with Crippen LogP contribution in [0.25, 0.3) is 0 Å². The molecule has 0 spiro atoms. The number of carbonyl (C=O) groups is 2. The van der Waals surface area contributed by atoms with E-state index in [-0.39, 0.29) is 37.2 Å². The van der Waals surface area contributed by atoms with Crippen molar-refractivity contribution in [3.05, 3.63) is 52.5 Å². The van der Waals surface area contributed by atoms with Crippen molar-refractivity contribution in [3.8, 4) is 11.5 Å². The van der Waals surface area contributed by atoms with Crippen LogP contribution >= 0.6 is 11.6 Å². The highest BCUT2D eigenvalue weighted by Crippen LogP contribution is 2.39. The number of rotatable bonds is 11. The van der Waals surface area contributed by atoms with Crippen molar-refractivity contribution < 1.29 is 28.5 Å². The van der Waals surface area contributed by atoms with Crippen molar-refractivity contribution in [1.29, 1.82) is 5.41 Å². The highest BCUT2D eigenvalue weighted by Gasteiger charge is 2.29. The second kappa shape index (κ2) is 11.8. The Morgan fingerprint density at radius 2 is 1.78 bits per heavy atom. The molecule has 4 N–H and O–H groups in total. The van der Waals surface area contributed by atoms with Crippen molar-refractivity contribution in [2.24, 2.45) is 5.73 Å². The van der Waals surface area contributed by atoms with E-state index in [2.05, 4.69) is 5.32 Å². The van der Waals surface area contributed by atoms with Gasteiger partial charge in [-0.25, -0.2) is 9.59 Å². The van der Waals surface area contributed by atoms with E-state index in [1.54, 1.807) is 38.1 Å². The number of benzene rings is 2. The molecular formula is C22H26ClN3O6. The van der Waals surface area contributed by atoms with Gasteiger partial charge in [0.15, 0.2) is 24.1 Å². The largest absolute Gasteiger partial charge is 0.493 e. The van der Waals surface area contributed by atoms with Gasteiger partial charge in [-0.1, -0.05) is 11.6 Å². The Morgan fingerprint density at radius 1 is 1.12 bits per heavy atom. The van der Waals surface area contributed by atoms with Crippen LogP contribution in [0.5, 0.6) is 11.5 Å². The van der Waals surface area contributed by atoms with Gasteiger partial charge >= 0.3 is 11.9 Å². The maximum Gasteiger partial charge on any atom is 0.344 e. The van der Waals surface area contributed by atoms with Gasteiger partial charge in [-0.05, 0) is 44.2 Å². The molecule has 0 heterocycles. The first-order valence-corrected chi connectivity index (χ1v) is 10.2. The summed E-state index contributed by atoms with van der Waals surface area (Å²) in [6, 6.07) is 8.63. The maximum absolute atomic E-state index is 12.9. The summed E-state index contributed by atoms with van der Waals surface area (Å²) in [5.41, 5.74) is 6.90. The van der Waals surface area contributed by atoms with Crippen LogP contribution in [0.2, 0.25) is 5.02 Å². The van der Waals surface area contributed by atoms with Crippen LogP contribution < -0.4 is 20.5 Å². The minimum Gasteiger partial charge on any atom is -0.493 e. The van der Waals surface area contributed by atoms with Crippen LogP contribution in [0.3, 0.4) is 0 Å². The van der Waals surface area contributed by atoms with E-state index in [1.807, 2.05) is 0 Å². The van der Waals surface area contributed by atoms with Gasteiger partial charge in [0.05, 0.1) is 20.3 Å². The van der Waals surface area contributed by atoms with Crippen molar-refractivity contribution in [2.75, 3.05) is 32.2 Å². The molecule has 2 aromatic carbocycles. The summed E-state index contributed by atoms with van der Waals surface area (Å²) in [5.74, 6) is -0.854. The zero-order chi connectivity index (χ0) is 23.7. The van der Waals surface area contributed by atoms with Crippen LogP contribution in [-0.4, -0.2) is 44.7 Å². The highest BCUT2D eigenvalue weighted by atomic mass is 35.5. The molecule has 2 rings (SSSR count). The predicted molar refractivity (Wildman–Crippen MR) is 121 cm³/mol. The van der Waals surface area contributed by atoms with Gasteiger partial charge in [0, 0.05) is 27.9 Å². The highest BCUT2D eigenvalue weighted by molar-refractivity contribution is 6.31. The van der Waals surface area contributed by atoms with Gasteiger partial charge < -0.3 is 30.0 Å². The minimum absolute atomic E-state index is 0.0762. The standard InChI is InChI=1S/C22H26ClN3O6/c1-4-30-18(27)12-32-20-16(10-14(23)11-17(20)29-3)19(22(28)31-5-2)26-15-8-6-13(7-9-15)21(24)25/h6-11,19,26H,4-5,12H2,1-3H3,(H3,24,25). The molecule has 0 saturated carbocycles. The molecule has 10 heteroatoms. The fourth-order valence-corrected chi connectivity index (χ4v) is 3.06. The number of carbonyl (C=O) groups excluding carboxylic acids is 2. The second-order valence-electron chi connectivity index (χ2n) is 6.44. The first-order valence-electron chi connectivity index (χ1n) is 9.84. The molecule has 0 fully saturated rings. The topological polar surface area (TPSA) is 133 Å². The van der Waals surface area contributed by atoms with Gasteiger partial charge in [-0.15, -0.1) is 0 Å². The zero-order valence-electron chi connectivity index (χ0n) is 18.1. The van der Waals surface area contributed by atoms with Crippen molar-refractivity contribution in [1.82, 2.24) is 0 Å². The molecule has 0 aliphatic heterocycles. The van der Waals surface area contributed by atoms with Crippen molar-refractivity contribution in [3.63, 3.8) is 0 Å². The van der Waals surface area contributed by atoms with Crippen LogP contribution in [-0.2, 0) is 19.1 Å². The van der Waals surface area contributed by atoms with Gasteiger partial charge in [0.1, 0.15) is 5.84 Å². The van der Waals surface area contributed by atoms with E-state index in [0.29, 0.717) is 21.8 Å². The van der Waals surface area contributed by atoms with Crippen molar-refractivity contribution in [2.45, 2.75) is 19.9 Å². The number of esters is 2. The Morgan fingerprint density at radius 3 is 2.34 bits per heavy atom. The Bertz CT molecular complexity index is 965. The summed E-state index contributed by atoms with van der Waals surface area (Å²) in [7, 11) is 1.42. The lowest BCUT2D eigenvalue weighted by Crippen LogP contribution is -2.25. The van der Waals surface area contributed by atoms with E-state index in [4.69, 9.17) is 41.7 Å². The lowest BCUT2D eigenvalue weighted by atomic mass is 10.0. The minimum atomic E-state index is -1.04. The SMILES string of the molecule is CCOC(=O)COc1c(OC)cc(Cl)cc1C(Nc1ccc(C(=N)N)cc1)C(=O)OCC. The Kier molecular flexibility index (Phi) is 9.15. The Labute approximate surface area is 191 Å². The van der Waals surface area contributed by atoms with E-state index in [0.717, 1.165) is 0 Å². The number of hydrogen-bond donors (Lipinski definition) is 3. The third-order valence-electron chi connectivity index (χ3n) is 4.25. The van der Waals surface area contributed by atoms with Crippen LogP contribution in [0.4, 0.5) is 5.69 Å². The summed E-state index contributed by atoms with van der Waals surface area (Å²) in [6.45, 7) is 3.34. The molecule has 0 aliphatic carbocycles. The maximum atomic E-state index is 12.9. The molecule has 0 aliphatic rings. The van der Waals surface area contributed by atoms with Gasteiger partial charge in [0.2, 0.25) is 0 Å². The van der Waals surface area contributed by atoms with E-state index in [9.17, 15) is 9.59 Å². The van der Waals surface area contributed by atoms with E-state index in [1.165, 1.54) is 19.2 Å². The molecule has 1 unspecified atom stereocenters. The molecule has 2 aromatic rings. The first kappa shape index (κ1) is 24.8. The molecule has 32 heavy (non-hydrogen) atoms. The Hall–Kier alpha value is -3.46. The number of nitrogen functional groups attached to an aromatic ring is 1. The number of methoxy groups -OCH3 is 1. The van der Waals surface area contributed by atoms with E-state index >= 15 is 0 Å². The van der Waals surface area contributed by atoms with Gasteiger partial charge in [-0.3, -0.25) is 5.41 Å². The first-order chi connectivity index (χ1) is 15.3. The summed E-state index contributed by atoms with van der Waals surface area (Å²) in [6.07, 6.45) is 0. The molecule has 0 saturated heterocycles. The molecule has 1 atom stereocenters. The molecule has 0 bridgehead atoms. The summed E-state index contributed by atoms with van der Waals surface area (Å²) < 4.78 is 21.2. The van der Waals surface area contributed by atoms with Crippen LogP contribution in [0.1, 0.15) is 31.0 Å². The number of amidine groups is 1. The summed E-state index contributed by atoms with van der Waals surface area (Å²) >= 11 is 6.25. The third kappa shape index (κ3) is 6.52. The fraction of sp³-hybridized carbons (Fsp3) is 0.318. The predicted octanol–water partition coefficient (Wildman–Crippen LogP) is 3.29. The lowest BCUT2D eigenvalue weighted by molar-refractivity contribution is -0.145. The molecule has 0 radical (unpaired) electrons. The quantitative estimate of drug-likeness (QED) is 0.262. The average Bonchev–Trinajstić information content (AvgIpc) is 2.76. The molecule has 172 valence electrons. The zero-order valence-corrected chi connectivity index (χ0v) is 18.8. The van der Waals surface area contributed by atoms with Crippen LogP contribution in [0.15, 0.2) is 36.4 Å². The third-order valence-corrected chi connectivity index (χ3v) is 4.47. The number of anilines is 1. The fourth-order valence-electron chi connectivity index (χ4n) is 2.84. The molecule has 0 aromatic heterocycles.